The van der Waals surface area contributed by atoms with Crippen LogP contribution in [0.25, 0.3) is 0 Å². The van der Waals surface area contributed by atoms with Gasteiger partial charge in [0.15, 0.2) is 17.5 Å². The molecule has 0 aliphatic carbocycles. The zero-order chi connectivity index (χ0) is 16.5. The lowest BCUT2D eigenvalue weighted by atomic mass is 10.3. The number of hydrogen-bond donors (Lipinski definition) is 1. The second kappa shape index (κ2) is 5.97. The topological polar surface area (TPSA) is 72.5 Å². The predicted molar refractivity (Wildman–Crippen MR) is 72.8 cm³/mol. The Kier molecular flexibility index (Phi) is 4.42. The summed E-state index contributed by atoms with van der Waals surface area (Å²) < 4.78 is 69.7. The predicted octanol–water partition coefficient (Wildman–Crippen LogP) is 2.75. The number of benzene rings is 1. The van der Waals surface area contributed by atoms with Gasteiger partial charge >= 0.3 is 5.97 Å². The summed E-state index contributed by atoms with van der Waals surface area (Å²) in [5.41, 5.74) is -0.515. The first-order valence-corrected chi connectivity index (χ1v) is 7.95. The number of halogens is 3. The molecule has 0 aliphatic rings. The van der Waals surface area contributed by atoms with Crippen LogP contribution in [0.1, 0.15) is 9.67 Å². The first kappa shape index (κ1) is 16.3. The lowest BCUT2D eigenvalue weighted by Gasteiger charge is -2.09. The molecule has 1 N–H and O–H groups in total. The van der Waals surface area contributed by atoms with Crippen molar-refractivity contribution in [3.63, 3.8) is 0 Å². The summed E-state index contributed by atoms with van der Waals surface area (Å²) in [5.74, 6) is -5.67. The molecule has 0 aliphatic heterocycles. The Bertz CT molecular complexity index is 810. The minimum absolute atomic E-state index is 0.196. The molecule has 10 heteroatoms. The van der Waals surface area contributed by atoms with Crippen molar-refractivity contribution in [1.29, 1.82) is 0 Å². The molecule has 0 spiro atoms. The van der Waals surface area contributed by atoms with E-state index >= 15 is 0 Å². The molecule has 118 valence electrons. The summed E-state index contributed by atoms with van der Waals surface area (Å²) in [4.78, 5) is 10.9. The largest absolute Gasteiger partial charge is 0.465 e. The normalized spacial score (nSPS) is 11.3. The zero-order valence-corrected chi connectivity index (χ0v) is 12.5. The van der Waals surface area contributed by atoms with Crippen LogP contribution in [-0.2, 0) is 14.8 Å². The Morgan fingerprint density at radius 1 is 1.23 bits per heavy atom. The van der Waals surface area contributed by atoms with Gasteiger partial charge < -0.3 is 4.74 Å². The first-order valence-electron chi connectivity index (χ1n) is 5.59. The Balaban J connectivity index is 2.41. The van der Waals surface area contributed by atoms with E-state index in [1.807, 2.05) is 4.72 Å². The maximum Gasteiger partial charge on any atom is 0.349 e. The highest BCUT2D eigenvalue weighted by atomic mass is 32.2. The molecular formula is C12H8F3NO4S2. The molecule has 0 saturated carbocycles. The molecule has 0 atom stereocenters. The summed E-state index contributed by atoms with van der Waals surface area (Å²) in [6.07, 6.45) is 0. The van der Waals surface area contributed by atoms with Gasteiger partial charge in [0.05, 0.1) is 12.8 Å². The van der Waals surface area contributed by atoms with Crippen molar-refractivity contribution in [1.82, 2.24) is 0 Å². The van der Waals surface area contributed by atoms with Gasteiger partial charge in [-0.25, -0.2) is 26.4 Å². The van der Waals surface area contributed by atoms with Crippen LogP contribution in [0.3, 0.4) is 0 Å². The summed E-state index contributed by atoms with van der Waals surface area (Å²) in [6.45, 7) is 0. The molecule has 2 rings (SSSR count). The van der Waals surface area contributed by atoms with E-state index in [4.69, 9.17) is 0 Å². The smallest absolute Gasteiger partial charge is 0.349 e. The van der Waals surface area contributed by atoms with Crippen LogP contribution in [0.15, 0.2) is 28.5 Å². The molecule has 0 fully saturated rings. The fourth-order valence-corrected chi connectivity index (χ4v) is 3.95. The van der Waals surface area contributed by atoms with Crippen molar-refractivity contribution in [3.8, 4) is 0 Å². The summed E-state index contributed by atoms with van der Waals surface area (Å²) in [5, 5.41) is 1.34. The molecule has 0 bridgehead atoms. The Morgan fingerprint density at radius 3 is 2.36 bits per heavy atom. The molecule has 0 saturated heterocycles. The van der Waals surface area contributed by atoms with E-state index in [9.17, 15) is 26.4 Å². The number of thiophene rings is 1. The van der Waals surface area contributed by atoms with Crippen molar-refractivity contribution in [3.05, 3.63) is 45.9 Å². The molecule has 5 nitrogen and oxygen atoms in total. The summed E-state index contributed by atoms with van der Waals surface area (Å²) >= 11 is 0.827. The summed E-state index contributed by atoms with van der Waals surface area (Å²) in [6, 6.07) is 2.11. The van der Waals surface area contributed by atoms with Gasteiger partial charge in [0.25, 0.3) is 10.0 Å². The van der Waals surface area contributed by atoms with Gasteiger partial charge in [-0.2, -0.15) is 0 Å². The number of hydrogen-bond acceptors (Lipinski definition) is 5. The minimum Gasteiger partial charge on any atom is -0.465 e. The molecule has 2 aromatic rings. The van der Waals surface area contributed by atoms with Crippen molar-refractivity contribution in [2.75, 3.05) is 11.8 Å². The maximum absolute atomic E-state index is 13.1. The molecule has 0 amide bonds. The average molecular weight is 351 g/mol. The van der Waals surface area contributed by atoms with Crippen LogP contribution in [0.5, 0.6) is 0 Å². The lowest BCUT2D eigenvalue weighted by Crippen LogP contribution is -2.16. The van der Waals surface area contributed by atoms with Crippen LogP contribution in [-0.4, -0.2) is 21.5 Å². The third-order valence-corrected chi connectivity index (χ3v) is 4.97. The van der Waals surface area contributed by atoms with E-state index in [1.54, 1.807) is 0 Å². The van der Waals surface area contributed by atoms with Crippen LogP contribution in [0.2, 0.25) is 0 Å². The van der Waals surface area contributed by atoms with Crippen LogP contribution < -0.4 is 4.72 Å². The highest BCUT2D eigenvalue weighted by Gasteiger charge is 2.25. The van der Waals surface area contributed by atoms with Gasteiger partial charge in [-0.15, -0.1) is 11.3 Å². The minimum atomic E-state index is -4.30. The van der Waals surface area contributed by atoms with Gasteiger partial charge in [0.2, 0.25) is 0 Å². The number of ether oxygens (including phenoxy) is 1. The van der Waals surface area contributed by atoms with Gasteiger partial charge in [0.1, 0.15) is 9.77 Å². The third kappa shape index (κ3) is 3.07. The number of methoxy groups -OCH3 is 1. The van der Waals surface area contributed by atoms with Crippen molar-refractivity contribution < 1.29 is 31.1 Å². The van der Waals surface area contributed by atoms with E-state index in [-0.39, 0.29) is 4.88 Å². The Morgan fingerprint density at radius 2 is 1.82 bits per heavy atom. The van der Waals surface area contributed by atoms with E-state index in [2.05, 4.69) is 4.74 Å². The van der Waals surface area contributed by atoms with E-state index in [0.717, 1.165) is 24.5 Å². The second-order valence-electron chi connectivity index (χ2n) is 3.96. The molecule has 0 radical (unpaired) electrons. The zero-order valence-electron chi connectivity index (χ0n) is 10.9. The molecule has 0 unspecified atom stereocenters. The van der Waals surface area contributed by atoms with Crippen molar-refractivity contribution >= 4 is 33.0 Å². The first-order chi connectivity index (χ1) is 10.3. The van der Waals surface area contributed by atoms with E-state index in [1.165, 1.54) is 5.38 Å². The monoisotopic (exact) mass is 351 g/mol. The quantitative estimate of drug-likeness (QED) is 0.679. The summed E-state index contributed by atoms with van der Waals surface area (Å²) in [7, 11) is -3.22. The van der Waals surface area contributed by atoms with Gasteiger partial charge in [-0.05, 0) is 11.4 Å². The number of carbonyl (C=O) groups excluding carboxylic acids is 1. The average Bonchev–Trinajstić information content (AvgIpc) is 2.93. The van der Waals surface area contributed by atoms with Gasteiger partial charge in [-0.1, -0.05) is 0 Å². The standard InChI is InChI=1S/C12H8F3NO4S2/c1-20-12(17)11-9(2-3-21-11)22(18,19)16-6-4-7(13)10(15)8(14)5-6/h2-5,16H,1H3. The van der Waals surface area contributed by atoms with E-state index < -0.39 is 44.0 Å². The van der Waals surface area contributed by atoms with Gasteiger partial charge in [-0.3, -0.25) is 4.72 Å². The van der Waals surface area contributed by atoms with Crippen LogP contribution in [0, 0.1) is 17.5 Å². The van der Waals surface area contributed by atoms with Crippen molar-refractivity contribution in [2.45, 2.75) is 4.90 Å². The number of rotatable bonds is 4. The number of sulfonamides is 1. The highest BCUT2D eigenvalue weighted by Crippen LogP contribution is 2.26. The van der Waals surface area contributed by atoms with E-state index in [0.29, 0.717) is 12.1 Å². The number of carbonyl (C=O) groups is 1. The fraction of sp³-hybridized carbons (Fsp3) is 0.0833. The number of esters is 1. The van der Waals surface area contributed by atoms with Crippen LogP contribution in [0.4, 0.5) is 18.9 Å². The third-order valence-electron chi connectivity index (χ3n) is 2.53. The number of anilines is 1. The van der Waals surface area contributed by atoms with Gasteiger partial charge in [0, 0.05) is 12.1 Å². The Labute approximate surface area is 127 Å². The molecular weight excluding hydrogens is 343 g/mol. The van der Waals surface area contributed by atoms with Crippen LogP contribution >= 0.6 is 11.3 Å². The molecule has 1 aromatic carbocycles. The highest BCUT2D eigenvalue weighted by molar-refractivity contribution is 7.93. The Hall–Kier alpha value is -2.07. The van der Waals surface area contributed by atoms with Crippen molar-refractivity contribution in [2.24, 2.45) is 0 Å². The molecule has 1 aromatic heterocycles. The SMILES string of the molecule is COC(=O)c1sccc1S(=O)(=O)Nc1cc(F)c(F)c(F)c1. The molecule has 1 heterocycles. The maximum atomic E-state index is 13.1. The fourth-order valence-electron chi connectivity index (χ4n) is 1.58. The molecule has 22 heavy (non-hydrogen) atoms. The lowest BCUT2D eigenvalue weighted by molar-refractivity contribution is 0.0602. The second-order valence-corrected chi connectivity index (χ2v) is 6.53. The number of nitrogens with one attached hydrogen (secondary N) is 1.